The highest BCUT2D eigenvalue weighted by atomic mass is 32.2. The molecule has 1 N–H and O–H groups in total. The second kappa shape index (κ2) is 12.8. The van der Waals surface area contributed by atoms with Crippen molar-refractivity contribution in [2.45, 2.75) is 83.1 Å². The number of hydrogen-bond acceptors (Lipinski definition) is 4. The lowest BCUT2D eigenvalue weighted by atomic mass is 9.48. The third-order valence-electron chi connectivity index (χ3n) is 9.97. The van der Waals surface area contributed by atoms with Crippen molar-refractivity contribution in [3.8, 4) is 0 Å². The molecule has 0 heterocycles. The Hall–Kier alpha value is -2.87. The number of unbranched alkanes of at least 4 members (excludes halogenated alkanes) is 1. The molecule has 4 bridgehead atoms. The zero-order chi connectivity index (χ0) is 29.9. The van der Waals surface area contributed by atoms with Crippen molar-refractivity contribution >= 4 is 27.5 Å². The summed E-state index contributed by atoms with van der Waals surface area (Å²) in [6.45, 7) is 4.28. The van der Waals surface area contributed by atoms with Crippen LogP contribution in [0.4, 0.5) is 5.69 Å². The zero-order valence-electron chi connectivity index (χ0n) is 25.4. The van der Waals surface area contributed by atoms with Crippen molar-refractivity contribution < 1.29 is 18.0 Å². The fraction of sp³-hybridized carbons (Fsp3) is 0.588. The maximum absolute atomic E-state index is 13.8. The number of anilines is 1. The normalized spacial score (nSPS) is 25.2. The molecule has 2 aromatic rings. The van der Waals surface area contributed by atoms with E-state index in [9.17, 15) is 18.0 Å². The molecule has 4 fully saturated rings. The Bertz CT molecular complexity index is 1310. The second-order valence-electron chi connectivity index (χ2n) is 13.2. The maximum Gasteiger partial charge on any atom is 0.244 e. The Kier molecular flexibility index (Phi) is 9.31. The molecule has 4 aliphatic rings. The number of nitrogens with zero attached hydrogens (tertiary/aromatic N) is 2. The molecule has 4 saturated carbocycles. The molecular formula is C34H47N3O4S. The van der Waals surface area contributed by atoms with Gasteiger partial charge in [-0.15, -0.1) is 0 Å². The van der Waals surface area contributed by atoms with E-state index in [1.54, 1.807) is 6.92 Å². The van der Waals surface area contributed by atoms with Crippen LogP contribution in [0.15, 0.2) is 54.6 Å². The summed E-state index contributed by atoms with van der Waals surface area (Å²) in [5.74, 6) is 1.85. The predicted octanol–water partition coefficient (Wildman–Crippen LogP) is 5.30. The number of benzene rings is 2. The minimum Gasteiger partial charge on any atom is -0.354 e. The summed E-state index contributed by atoms with van der Waals surface area (Å²) in [5.41, 5.74) is 3.07. The number of rotatable bonds is 13. The van der Waals surface area contributed by atoms with Crippen LogP contribution in [-0.4, -0.2) is 57.1 Å². The van der Waals surface area contributed by atoms with E-state index in [0.717, 1.165) is 42.4 Å². The van der Waals surface area contributed by atoms with Gasteiger partial charge in [-0.25, -0.2) is 8.42 Å². The van der Waals surface area contributed by atoms with Crippen LogP contribution in [-0.2, 0) is 31.4 Å². The van der Waals surface area contributed by atoms with Gasteiger partial charge >= 0.3 is 0 Å². The molecule has 6 rings (SSSR count). The molecule has 0 aromatic heterocycles. The zero-order valence-corrected chi connectivity index (χ0v) is 26.2. The van der Waals surface area contributed by atoms with Gasteiger partial charge in [-0.1, -0.05) is 55.8 Å². The summed E-state index contributed by atoms with van der Waals surface area (Å²) in [6, 6.07) is 17.0. The van der Waals surface area contributed by atoms with Gasteiger partial charge in [0, 0.05) is 13.1 Å². The van der Waals surface area contributed by atoms with Gasteiger partial charge in [0.05, 0.1) is 11.9 Å². The summed E-state index contributed by atoms with van der Waals surface area (Å²) in [4.78, 5) is 28.3. The summed E-state index contributed by atoms with van der Waals surface area (Å²) < 4.78 is 27.3. The van der Waals surface area contributed by atoms with E-state index >= 15 is 0 Å². The highest BCUT2D eigenvalue weighted by Gasteiger charge is 2.51. The molecule has 0 spiro atoms. The lowest BCUT2D eigenvalue weighted by Crippen LogP contribution is -2.52. The Morgan fingerprint density at radius 1 is 0.952 bits per heavy atom. The van der Waals surface area contributed by atoms with E-state index in [-0.39, 0.29) is 23.8 Å². The molecule has 4 aliphatic carbocycles. The molecule has 0 saturated heterocycles. The largest absolute Gasteiger partial charge is 0.354 e. The number of hydrogen-bond donors (Lipinski definition) is 1. The van der Waals surface area contributed by atoms with E-state index in [4.69, 9.17) is 0 Å². The molecule has 228 valence electrons. The van der Waals surface area contributed by atoms with Gasteiger partial charge < -0.3 is 10.2 Å². The third-order valence-corrected chi connectivity index (χ3v) is 11.1. The number of carbonyl (C=O) groups excluding carboxylic acids is 2. The van der Waals surface area contributed by atoms with Crippen LogP contribution in [0.25, 0.3) is 0 Å². The number of sulfonamides is 1. The maximum atomic E-state index is 13.8. The SMILES string of the molecule is CCCCNC(=O)C(C)N(CCc1ccccc1)C(=O)CN(c1ccc(C23CC4CC(CC(C4)C2)C3)cc1)S(C)(=O)=O. The molecule has 8 heteroatoms. The van der Waals surface area contributed by atoms with Gasteiger partial charge in [0.25, 0.3) is 0 Å². The Morgan fingerprint density at radius 3 is 2.10 bits per heavy atom. The first-order valence-corrected chi connectivity index (χ1v) is 17.6. The van der Waals surface area contributed by atoms with E-state index < -0.39 is 16.1 Å². The van der Waals surface area contributed by atoms with Crippen molar-refractivity contribution in [3.05, 3.63) is 65.7 Å². The van der Waals surface area contributed by atoms with Crippen LogP contribution in [0.1, 0.15) is 76.3 Å². The van der Waals surface area contributed by atoms with E-state index in [2.05, 4.69) is 24.4 Å². The van der Waals surface area contributed by atoms with E-state index in [1.165, 1.54) is 53.3 Å². The standard InChI is InChI=1S/C34H47N3O4S/c1-4-5-16-35-33(39)25(2)36(17-15-26-9-7-6-8-10-26)32(38)24-37(42(3,40)41)31-13-11-30(12-14-31)34-21-27-18-28(22-34)20-29(19-27)23-34/h6-14,25,27-29H,4-5,15-24H2,1-3H3,(H,35,39). The van der Waals surface area contributed by atoms with Crippen molar-refractivity contribution in [3.63, 3.8) is 0 Å². The van der Waals surface area contributed by atoms with Gasteiger partial charge in [0.2, 0.25) is 21.8 Å². The van der Waals surface area contributed by atoms with E-state index in [1.807, 2.05) is 42.5 Å². The quantitative estimate of drug-likeness (QED) is 0.320. The number of carbonyl (C=O) groups is 2. The predicted molar refractivity (Wildman–Crippen MR) is 168 cm³/mol. The summed E-state index contributed by atoms with van der Waals surface area (Å²) in [5, 5.41) is 2.93. The summed E-state index contributed by atoms with van der Waals surface area (Å²) >= 11 is 0. The van der Waals surface area contributed by atoms with Gasteiger partial charge in [0.15, 0.2) is 0 Å². The summed E-state index contributed by atoms with van der Waals surface area (Å²) in [7, 11) is -3.75. The van der Waals surface area contributed by atoms with Crippen molar-refractivity contribution in [2.75, 3.05) is 30.2 Å². The minimum absolute atomic E-state index is 0.216. The molecule has 42 heavy (non-hydrogen) atoms. The molecule has 1 unspecified atom stereocenters. The number of amides is 2. The Balaban J connectivity index is 1.34. The van der Waals surface area contributed by atoms with Gasteiger partial charge in [-0.3, -0.25) is 13.9 Å². The Morgan fingerprint density at radius 2 is 1.55 bits per heavy atom. The fourth-order valence-electron chi connectivity index (χ4n) is 8.17. The molecule has 2 aromatic carbocycles. The molecule has 0 radical (unpaired) electrons. The lowest BCUT2D eigenvalue weighted by molar-refractivity contribution is -0.138. The van der Waals surface area contributed by atoms with Gasteiger partial charge in [0.1, 0.15) is 12.6 Å². The fourth-order valence-corrected chi connectivity index (χ4v) is 9.01. The average molecular weight is 594 g/mol. The highest BCUT2D eigenvalue weighted by molar-refractivity contribution is 7.92. The van der Waals surface area contributed by atoms with Gasteiger partial charge in [-0.2, -0.15) is 0 Å². The van der Waals surface area contributed by atoms with Crippen LogP contribution in [0, 0.1) is 17.8 Å². The van der Waals surface area contributed by atoms with Crippen LogP contribution in [0.2, 0.25) is 0 Å². The van der Waals surface area contributed by atoms with Crippen molar-refractivity contribution in [1.82, 2.24) is 10.2 Å². The highest BCUT2D eigenvalue weighted by Crippen LogP contribution is 2.60. The first-order valence-electron chi connectivity index (χ1n) is 15.8. The van der Waals surface area contributed by atoms with E-state index in [0.29, 0.717) is 25.2 Å². The third kappa shape index (κ3) is 6.85. The second-order valence-corrected chi connectivity index (χ2v) is 15.1. The van der Waals surface area contributed by atoms with Crippen molar-refractivity contribution in [1.29, 1.82) is 0 Å². The van der Waals surface area contributed by atoms with Crippen LogP contribution >= 0.6 is 0 Å². The minimum atomic E-state index is -3.75. The smallest absolute Gasteiger partial charge is 0.244 e. The first kappa shape index (κ1) is 30.6. The number of nitrogens with one attached hydrogen (secondary N) is 1. The Labute approximate surface area is 252 Å². The van der Waals surface area contributed by atoms with Crippen molar-refractivity contribution in [2.24, 2.45) is 17.8 Å². The molecule has 0 aliphatic heterocycles. The lowest BCUT2D eigenvalue weighted by Gasteiger charge is -2.57. The van der Waals surface area contributed by atoms with Gasteiger partial charge in [-0.05, 0) is 105 Å². The monoisotopic (exact) mass is 593 g/mol. The first-order chi connectivity index (χ1) is 20.1. The molecule has 1 atom stereocenters. The van der Waals surface area contributed by atoms with Crippen LogP contribution in [0.3, 0.4) is 0 Å². The molecule has 7 nitrogen and oxygen atoms in total. The molecule has 2 amide bonds. The average Bonchev–Trinajstić information content (AvgIpc) is 2.95. The topological polar surface area (TPSA) is 86.8 Å². The van der Waals surface area contributed by atoms with Crippen LogP contribution in [0.5, 0.6) is 0 Å². The molecular weight excluding hydrogens is 546 g/mol. The summed E-state index contributed by atoms with van der Waals surface area (Å²) in [6.07, 6.45) is 11.4. The van der Waals surface area contributed by atoms with Crippen LogP contribution < -0.4 is 9.62 Å².